The molecule has 3 nitrogen and oxygen atoms in total. The summed E-state index contributed by atoms with van der Waals surface area (Å²) >= 11 is 0. The van der Waals surface area contributed by atoms with E-state index in [9.17, 15) is 4.57 Å². The summed E-state index contributed by atoms with van der Waals surface area (Å²) in [5.74, 6) is 0. The molecule has 0 aliphatic heterocycles. The van der Waals surface area contributed by atoms with Gasteiger partial charge in [-0.1, -0.05) is 6.07 Å². The van der Waals surface area contributed by atoms with Crippen molar-refractivity contribution in [1.29, 1.82) is 0 Å². The Hall–Kier alpha value is -0.630. The molecule has 0 bridgehead atoms. The lowest BCUT2D eigenvalue weighted by Crippen LogP contribution is -2.17. The molecule has 16 heavy (non-hydrogen) atoms. The topological polar surface area (TPSA) is 35.5 Å². The van der Waals surface area contributed by atoms with Gasteiger partial charge in [0.25, 0.3) is 0 Å². The number of aryl methyl sites for hydroxylation is 2. The molecule has 90 valence electrons. The third kappa shape index (κ3) is 2.08. The lowest BCUT2D eigenvalue weighted by atomic mass is 10.0. The average molecular weight is 242 g/mol. The quantitative estimate of drug-likeness (QED) is 0.764. The highest BCUT2D eigenvalue weighted by atomic mass is 31.2. The predicted molar refractivity (Wildman–Crippen MR) is 66.6 cm³/mol. The highest BCUT2D eigenvalue weighted by Crippen LogP contribution is 2.47. The van der Waals surface area contributed by atoms with E-state index in [1.165, 1.54) is 14.2 Å². The fourth-order valence-corrected chi connectivity index (χ4v) is 3.55. The van der Waals surface area contributed by atoms with Gasteiger partial charge in [0, 0.05) is 14.2 Å². The maximum atomic E-state index is 12.5. The van der Waals surface area contributed by atoms with E-state index in [1.807, 2.05) is 27.7 Å². The van der Waals surface area contributed by atoms with Crippen LogP contribution in [0.1, 0.15) is 22.3 Å². The zero-order chi connectivity index (χ0) is 12.5. The van der Waals surface area contributed by atoms with Crippen LogP contribution < -0.4 is 5.30 Å². The van der Waals surface area contributed by atoms with Crippen molar-refractivity contribution in [1.82, 2.24) is 0 Å². The molecule has 0 atom stereocenters. The maximum Gasteiger partial charge on any atom is 0.361 e. The van der Waals surface area contributed by atoms with Crippen molar-refractivity contribution >= 4 is 12.9 Å². The minimum absolute atomic E-state index is 0.704. The van der Waals surface area contributed by atoms with Crippen LogP contribution in [0.25, 0.3) is 0 Å². The van der Waals surface area contributed by atoms with E-state index in [2.05, 4.69) is 6.07 Å². The van der Waals surface area contributed by atoms with Crippen LogP contribution in [0.15, 0.2) is 6.07 Å². The summed E-state index contributed by atoms with van der Waals surface area (Å²) in [6, 6.07) is 2.09. The molecule has 1 rings (SSSR count). The van der Waals surface area contributed by atoms with E-state index in [0.717, 1.165) is 22.3 Å². The van der Waals surface area contributed by atoms with Crippen LogP contribution in [0.5, 0.6) is 0 Å². The van der Waals surface area contributed by atoms with Crippen molar-refractivity contribution in [2.45, 2.75) is 27.7 Å². The molecule has 0 amide bonds. The second kappa shape index (κ2) is 4.70. The highest BCUT2D eigenvalue weighted by molar-refractivity contribution is 7.62. The van der Waals surface area contributed by atoms with Crippen LogP contribution in [0.3, 0.4) is 0 Å². The molecule has 0 heterocycles. The molecule has 0 aliphatic carbocycles. The standard InChI is InChI=1S/C12H19O3P/c1-8-7-9(2)11(4)12(10(8)3)16(13,14-5)15-6/h7H,1-6H3. The first-order valence-corrected chi connectivity index (χ1v) is 6.71. The normalized spacial score (nSPS) is 11.9. The van der Waals surface area contributed by atoms with Crippen LogP contribution in [0.4, 0.5) is 0 Å². The second-order valence-corrected chi connectivity index (χ2v) is 6.14. The van der Waals surface area contributed by atoms with E-state index < -0.39 is 7.60 Å². The van der Waals surface area contributed by atoms with Gasteiger partial charge in [-0.15, -0.1) is 0 Å². The fourth-order valence-electron chi connectivity index (χ4n) is 1.86. The summed E-state index contributed by atoms with van der Waals surface area (Å²) in [5.41, 5.74) is 4.17. The molecular formula is C12H19O3P. The summed E-state index contributed by atoms with van der Waals surface area (Å²) in [6.07, 6.45) is 0. The van der Waals surface area contributed by atoms with Gasteiger partial charge in [-0.3, -0.25) is 4.57 Å². The van der Waals surface area contributed by atoms with Gasteiger partial charge in [-0.25, -0.2) is 0 Å². The molecule has 4 heteroatoms. The van der Waals surface area contributed by atoms with Crippen molar-refractivity contribution < 1.29 is 13.6 Å². The number of rotatable bonds is 3. The molecule has 0 aliphatic rings. The van der Waals surface area contributed by atoms with E-state index in [1.54, 1.807) is 0 Å². The molecule has 0 aromatic heterocycles. The zero-order valence-corrected chi connectivity index (χ0v) is 11.6. The molecular weight excluding hydrogens is 223 g/mol. The largest absolute Gasteiger partial charge is 0.361 e. The fraction of sp³-hybridized carbons (Fsp3) is 0.500. The Kier molecular flexibility index (Phi) is 3.95. The molecule has 1 aromatic rings. The first kappa shape index (κ1) is 13.4. The Morgan fingerprint density at radius 3 is 1.62 bits per heavy atom. The third-order valence-electron chi connectivity index (χ3n) is 3.08. The smallest absolute Gasteiger partial charge is 0.309 e. The van der Waals surface area contributed by atoms with Crippen molar-refractivity contribution in [2.75, 3.05) is 14.2 Å². The van der Waals surface area contributed by atoms with Crippen LogP contribution in [0, 0.1) is 27.7 Å². The van der Waals surface area contributed by atoms with Crippen LogP contribution in [-0.4, -0.2) is 14.2 Å². The lowest BCUT2D eigenvalue weighted by Gasteiger charge is -2.21. The van der Waals surface area contributed by atoms with Crippen molar-refractivity contribution in [3.05, 3.63) is 28.3 Å². The molecule has 0 unspecified atom stereocenters. The molecule has 0 spiro atoms. The summed E-state index contributed by atoms with van der Waals surface area (Å²) in [7, 11) is -0.328. The number of hydrogen-bond acceptors (Lipinski definition) is 3. The van der Waals surface area contributed by atoms with Gasteiger partial charge in [0.1, 0.15) is 0 Å². The van der Waals surface area contributed by atoms with Gasteiger partial charge in [0.05, 0.1) is 5.30 Å². The van der Waals surface area contributed by atoms with E-state index in [4.69, 9.17) is 9.05 Å². The third-order valence-corrected chi connectivity index (χ3v) is 5.26. The van der Waals surface area contributed by atoms with Gasteiger partial charge in [-0.05, 0) is 49.9 Å². The Morgan fingerprint density at radius 1 is 0.938 bits per heavy atom. The Balaban J connectivity index is 3.61. The number of benzene rings is 1. The van der Waals surface area contributed by atoms with Crippen molar-refractivity contribution in [3.63, 3.8) is 0 Å². The summed E-state index contributed by atoms with van der Waals surface area (Å²) in [6.45, 7) is 7.89. The van der Waals surface area contributed by atoms with E-state index in [-0.39, 0.29) is 0 Å². The SMILES string of the molecule is COP(=O)(OC)c1c(C)c(C)cc(C)c1C. The lowest BCUT2D eigenvalue weighted by molar-refractivity contribution is 0.287. The molecule has 0 radical (unpaired) electrons. The average Bonchev–Trinajstić information content (AvgIpc) is 2.26. The zero-order valence-electron chi connectivity index (χ0n) is 10.7. The van der Waals surface area contributed by atoms with Gasteiger partial charge >= 0.3 is 7.60 Å². The summed E-state index contributed by atoms with van der Waals surface area (Å²) in [5, 5.41) is 0.704. The number of hydrogen-bond donors (Lipinski definition) is 0. The van der Waals surface area contributed by atoms with Crippen LogP contribution in [0.2, 0.25) is 0 Å². The van der Waals surface area contributed by atoms with Crippen molar-refractivity contribution in [2.24, 2.45) is 0 Å². The summed E-state index contributed by atoms with van der Waals surface area (Å²) in [4.78, 5) is 0. The molecule has 0 N–H and O–H groups in total. The van der Waals surface area contributed by atoms with Gasteiger partial charge < -0.3 is 9.05 Å². The predicted octanol–water partition coefficient (Wildman–Crippen LogP) is 3.03. The maximum absolute atomic E-state index is 12.5. The first-order chi connectivity index (χ1) is 7.37. The van der Waals surface area contributed by atoms with Crippen LogP contribution in [-0.2, 0) is 13.6 Å². The van der Waals surface area contributed by atoms with Crippen molar-refractivity contribution in [3.8, 4) is 0 Å². The van der Waals surface area contributed by atoms with Gasteiger partial charge in [0.2, 0.25) is 0 Å². The molecule has 1 aromatic carbocycles. The van der Waals surface area contributed by atoms with Crippen LogP contribution >= 0.6 is 7.60 Å². The van der Waals surface area contributed by atoms with E-state index in [0.29, 0.717) is 5.30 Å². The molecule has 0 saturated carbocycles. The van der Waals surface area contributed by atoms with Gasteiger partial charge in [-0.2, -0.15) is 0 Å². The molecule has 0 saturated heterocycles. The Labute approximate surface area is 97.3 Å². The van der Waals surface area contributed by atoms with E-state index >= 15 is 0 Å². The first-order valence-electron chi connectivity index (χ1n) is 5.17. The Morgan fingerprint density at radius 2 is 1.31 bits per heavy atom. The molecule has 0 fully saturated rings. The second-order valence-electron chi connectivity index (χ2n) is 3.97. The highest BCUT2D eigenvalue weighted by Gasteiger charge is 2.29. The van der Waals surface area contributed by atoms with Gasteiger partial charge in [0.15, 0.2) is 0 Å². The minimum Gasteiger partial charge on any atom is -0.309 e. The monoisotopic (exact) mass is 242 g/mol. The Bertz CT molecular complexity index is 418. The minimum atomic E-state index is -3.16. The summed E-state index contributed by atoms with van der Waals surface area (Å²) < 4.78 is 22.6.